The molecule has 0 aliphatic carbocycles. The van der Waals surface area contributed by atoms with Gasteiger partial charge >= 0.3 is 0 Å². The molecule has 0 bridgehead atoms. The molecule has 7 heteroatoms. The molecule has 0 spiro atoms. The molecule has 3 aliphatic rings. The van der Waals surface area contributed by atoms with Crippen LogP contribution in [0, 0.1) is 0 Å². The van der Waals surface area contributed by atoms with Gasteiger partial charge in [-0.3, -0.25) is 9.68 Å². The minimum atomic E-state index is -0.945. The van der Waals surface area contributed by atoms with Crippen LogP contribution in [0.3, 0.4) is 0 Å². The lowest BCUT2D eigenvalue weighted by atomic mass is 9.81. The molecule has 0 radical (unpaired) electrons. The number of ether oxygens (including phenoxy) is 4. The Morgan fingerprint density at radius 3 is 2.91 bits per heavy atom. The molecule has 3 heterocycles. The minimum absolute atomic E-state index is 0.227. The van der Waals surface area contributed by atoms with Crippen molar-refractivity contribution in [2.45, 2.75) is 44.5 Å². The van der Waals surface area contributed by atoms with Crippen LogP contribution in [0.5, 0.6) is 23.0 Å². The summed E-state index contributed by atoms with van der Waals surface area (Å²) >= 11 is 0. The third-order valence-corrected chi connectivity index (χ3v) is 5.98. The van der Waals surface area contributed by atoms with Crippen LogP contribution < -0.4 is 24.6 Å². The average molecular weight is 452 g/mol. The molecule has 1 N–H and O–H groups in total. The summed E-state index contributed by atoms with van der Waals surface area (Å²) in [4.78, 5) is 11.9. The van der Waals surface area contributed by atoms with Crippen LogP contribution in [0.4, 0.5) is 0 Å². The largest absolute Gasteiger partial charge is 0.493 e. The third-order valence-electron chi connectivity index (χ3n) is 5.98. The fourth-order valence-corrected chi connectivity index (χ4v) is 4.41. The van der Waals surface area contributed by atoms with E-state index in [2.05, 4.69) is 19.1 Å². The first-order valence-corrected chi connectivity index (χ1v) is 11.2. The number of hydrogen-bond acceptors (Lipinski definition) is 7. The Morgan fingerprint density at radius 1 is 1.21 bits per heavy atom. The Hall–Kier alpha value is -3.00. The minimum Gasteiger partial charge on any atom is -0.493 e. The van der Waals surface area contributed by atoms with E-state index in [1.165, 1.54) is 0 Å². The second-order valence-electron chi connectivity index (χ2n) is 8.90. The van der Waals surface area contributed by atoms with E-state index in [0.717, 1.165) is 40.4 Å². The van der Waals surface area contributed by atoms with Gasteiger partial charge in [0.25, 0.3) is 0 Å². The molecule has 174 valence electrons. The van der Waals surface area contributed by atoms with Gasteiger partial charge in [-0.05, 0) is 56.7 Å². The average Bonchev–Trinajstić information content (AvgIpc) is 3.25. The van der Waals surface area contributed by atoms with Crippen LogP contribution in [0.15, 0.2) is 49.1 Å². The predicted octanol–water partition coefficient (Wildman–Crippen LogP) is 5.02. The lowest BCUT2D eigenvalue weighted by Crippen LogP contribution is -2.42. The van der Waals surface area contributed by atoms with Gasteiger partial charge in [-0.2, -0.15) is 0 Å². The van der Waals surface area contributed by atoms with Crippen molar-refractivity contribution < 1.29 is 28.6 Å². The monoisotopic (exact) mass is 451 g/mol. The summed E-state index contributed by atoms with van der Waals surface area (Å²) in [5.41, 5.74) is 3.90. The lowest BCUT2D eigenvalue weighted by Gasteiger charge is -2.38. The summed E-state index contributed by atoms with van der Waals surface area (Å²) in [6.07, 6.45) is 6.24. The van der Waals surface area contributed by atoms with Gasteiger partial charge in [0, 0.05) is 17.2 Å². The molecule has 3 aliphatic heterocycles. The van der Waals surface area contributed by atoms with Crippen molar-refractivity contribution in [3.63, 3.8) is 0 Å². The molecule has 1 saturated heterocycles. The van der Waals surface area contributed by atoms with E-state index in [9.17, 15) is 0 Å². The normalized spacial score (nSPS) is 24.0. The van der Waals surface area contributed by atoms with Crippen molar-refractivity contribution in [2.24, 2.45) is 0 Å². The van der Waals surface area contributed by atoms with E-state index in [-0.39, 0.29) is 12.2 Å². The zero-order valence-electron chi connectivity index (χ0n) is 19.2. The number of hydrogen-bond donors (Lipinski definition) is 1. The van der Waals surface area contributed by atoms with E-state index >= 15 is 0 Å². The van der Waals surface area contributed by atoms with Gasteiger partial charge in [0.1, 0.15) is 47.9 Å². The Labute approximate surface area is 193 Å². The quantitative estimate of drug-likeness (QED) is 0.593. The molecule has 2 aromatic rings. The highest BCUT2D eigenvalue weighted by Crippen LogP contribution is 2.55. The van der Waals surface area contributed by atoms with Gasteiger partial charge < -0.3 is 18.9 Å². The highest BCUT2D eigenvalue weighted by molar-refractivity contribution is 5.70. The number of rotatable bonds is 7. The number of benzene rings is 2. The highest BCUT2D eigenvalue weighted by atomic mass is 17.0. The molecule has 0 aromatic heterocycles. The molecule has 0 saturated carbocycles. The van der Waals surface area contributed by atoms with Crippen molar-refractivity contribution >= 4 is 6.08 Å². The van der Waals surface area contributed by atoms with E-state index in [1.807, 2.05) is 56.3 Å². The third kappa shape index (κ3) is 3.76. The van der Waals surface area contributed by atoms with Gasteiger partial charge in [-0.1, -0.05) is 25.2 Å². The topological polar surface area (TPSA) is 67.4 Å². The number of fused-ring (bicyclic) bond motifs is 5. The van der Waals surface area contributed by atoms with Crippen molar-refractivity contribution in [3.05, 3.63) is 65.8 Å². The summed E-state index contributed by atoms with van der Waals surface area (Å²) in [5.74, 6) is 2.89. The van der Waals surface area contributed by atoms with E-state index in [1.54, 1.807) is 6.08 Å². The molecular weight excluding hydrogens is 422 g/mol. The molecule has 1 fully saturated rings. The molecule has 33 heavy (non-hydrogen) atoms. The summed E-state index contributed by atoms with van der Waals surface area (Å²) in [6, 6.07) is 9.67. The maximum Gasteiger partial charge on any atom is 0.187 e. The molecule has 2 aromatic carbocycles. The van der Waals surface area contributed by atoms with Crippen LogP contribution in [-0.4, -0.2) is 25.4 Å². The molecule has 0 amide bonds. The van der Waals surface area contributed by atoms with Gasteiger partial charge in [0.05, 0.1) is 12.2 Å². The SMILES string of the molecule is C=CCOc1cc(OCCC)ccc1C12COc3c(ccc4c3C=CC(C)(C)O4)C1ONO2. The second-order valence-corrected chi connectivity index (χ2v) is 8.90. The highest BCUT2D eigenvalue weighted by Gasteiger charge is 2.55. The molecule has 7 nitrogen and oxygen atoms in total. The van der Waals surface area contributed by atoms with Crippen LogP contribution in [0.2, 0.25) is 0 Å². The van der Waals surface area contributed by atoms with E-state index in [0.29, 0.717) is 19.0 Å². The van der Waals surface area contributed by atoms with Gasteiger partial charge in [0.15, 0.2) is 5.60 Å². The Balaban J connectivity index is 1.56. The van der Waals surface area contributed by atoms with Crippen molar-refractivity contribution in [1.82, 2.24) is 5.64 Å². The lowest BCUT2D eigenvalue weighted by molar-refractivity contribution is -0.127. The van der Waals surface area contributed by atoms with Crippen LogP contribution >= 0.6 is 0 Å². The van der Waals surface area contributed by atoms with Crippen LogP contribution in [0.25, 0.3) is 6.08 Å². The Bertz CT molecular complexity index is 1090. The fraction of sp³-hybridized carbons (Fsp3) is 0.385. The zero-order valence-corrected chi connectivity index (χ0v) is 19.2. The first-order chi connectivity index (χ1) is 16.0. The summed E-state index contributed by atoms with van der Waals surface area (Å²) in [6.45, 7) is 11.1. The summed E-state index contributed by atoms with van der Waals surface area (Å²) in [5, 5.41) is 0. The molecule has 2 unspecified atom stereocenters. The van der Waals surface area contributed by atoms with Crippen molar-refractivity contribution in [2.75, 3.05) is 19.8 Å². The van der Waals surface area contributed by atoms with Gasteiger partial charge in [-0.15, -0.1) is 0 Å². The van der Waals surface area contributed by atoms with E-state index < -0.39 is 11.7 Å². The van der Waals surface area contributed by atoms with Crippen LogP contribution in [-0.2, 0) is 15.3 Å². The molecule has 5 rings (SSSR count). The standard InChI is InChI=1S/C26H29NO6/c1-5-13-28-17-7-9-20(22(15-17)29-14-6-2)26-16-30-23-18-11-12-25(3,4)31-21(18)10-8-19(23)24(26)32-27-33-26/h6-12,15,24,27H,2,5,13-14,16H2,1,3-4H3. The fourth-order valence-electron chi connectivity index (χ4n) is 4.41. The number of nitrogens with one attached hydrogen (secondary N) is 1. The van der Waals surface area contributed by atoms with Crippen molar-refractivity contribution in [3.8, 4) is 23.0 Å². The first-order valence-electron chi connectivity index (χ1n) is 11.2. The van der Waals surface area contributed by atoms with Crippen molar-refractivity contribution in [1.29, 1.82) is 0 Å². The Morgan fingerprint density at radius 2 is 2.09 bits per heavy atom. The van der Waals surface area contributed by atoms with Gasteiger partial charge in [0.2, 0.25) is 0 Å². The molecular formula is C26H29NO6. The Kier molecular flexibility index (Phi) is 5.56. The summed E-state index contributed by atoms with van der Waals surface area (Å²) < 4.78 is 24.3. The van der Waals surface area contributed by atoms with Crippen LogP contribution in [0.1, 0.15) is 50.0 Å². The first kappa shape index (κ1) is 21.8. The maximum absolute atomic E-state index is 6.33. The predicted molar refractivity (Wildman–Crippen MR) is 123 cm³/mol. The second kappa shape index (κ2) is 8.41. The summed E-state index contributed by atoms with van der Waals surface area (Å²) in [7, 11) is 0. The van der Waals surface area contributed by atoms with E-state index in [4.69, 9.17) is 28.6 Å². The maximum atomic E-state index is 6.33. The zero-order chi connectivity index (χ0) is 23.1. The molecule has 2 atom stereocenters. The van der Waals surface area contributed by atoms with Gasteiger partial charge in [-0.25, -0.2) is 0 Å². The smallest absolute Gasteiger partial charge is 0.187 e.